The van der Waals surface area contributed by atoms with Crippen molar-refractivity contribution in [2.24, 2.45) is 0 Å². The van der Waals surface area contributed by atoms with Gasteiger partial charge in [-0.25, -0.2) is 0 Å². The molecule has 17 heavy (non-hydrogen) atoms. The van der Waals surface area contributed by atoms with Crippen LogP contribution in [0.15, 0.2) is 22.8 Å². The number of ether oxygens (including phenoxy) is 1. The number of aliphatic hydroxyl groups excluding tert-OH is 1. The number of aliphatic hydroxyl groups is 1. The van der Waals surface area contributed by atoms with Crippen molar-refractivity contribution in [3.8, 4) is 0 Å². The van der Waals surface area contributed by atoms with Gasteiger partial charge in [-0.1, -0.05) is 6.07 Å². The molecule has 1 heterocycles. The lowest BCUT2D eigenvalue weighted by molar-refractivity contribution is 0.189. The van der Waals surface area contributed by atoms with Gasteiger partial charge < -0.3 is 9.84 Å². The van der Waals surface area contributed by atoms with Crippen LogP contribution in [0.1, 0.15) is 12.0 Å². The van der Waals surface area contributed by atoms with Crippen molar-refractivity contribution in [1.82, 2.24) is 9.78 Å². The summed E-state index contributed by atoms with van der Waals surface area (Å²) in [6.07, 6.45) is 0.920. The van der Waals surface area contributed by atoms with Gasteiger partial charge >= 0.3 is 0 Å². The fraction of sp³-hybridized carbons (Fsp3) is 0.417. The van der Waals surface area contributed by atoms with Gasteiger partial charge in [-0.2, -0.15) is 5.10 Å². The van der Waals surface area contributed by atoms with Crippen molar-refractivity contribution >= 4 is 26.8 Å². The van der Waals surface area contributed by atoms with Crippen molar-refractivity contribution in [3.05, 3.63) is 28.4 Å². The van der Waals surface area contributed by atoms with Crippen LogP contribution in [0.25, 0.3) is 10.9 Å². The average Bonchev–Trinajstić information content (AvgIpc) is 2.66. The van der Waals surface area contributed by atoms with Gasteiger partial charge in [0.15, 0.2) is 0 Å². The number of methoxy groups -OCH3 is 1. The minimum absolute atomic E-state index is 0.0524. The van der Waals surface area contributed by atoms with Crippen molar-refractivity contribution in [2.75, 3.05) is 13.7 Å². The van der Waals surface area contributed by atoms with Gasteiger partial charge in [0.25, 0.3) is 0 Å². The number of aromatic nitrogens is 2. The van der Waals surface area contributed by atoms with Crippen LogP contribution in [-0.2, 0) is 17.9 Å². The third-order valence-electron chi connectivity index (χ3n) is 2.67. The predicted octanol–water partition coefficient (Wildman–Crippen LogP) is 2.33. The highest BCUT2D eigenvalue weighted by Crippen LogP contribution is 2.24. The van der Waals surface area contributed by atoms with Crippen LogP contribution in [0.4, 0.5) is 0 Å². The van der Waals surface area contributed by atoms with Gasteiger partial charge in [-0.3, -0.25) is 4.68 Å². The first-order chi connectivity index (χ1) is 8.26. The Morgan fingerprint density at radius 2 is 2.29 bits per heavy atom. The normalized spacial score (nSPS) is 11.2. The third kappa shape index (κ3) is 2.68. The summed E-state index contributed by atoms with van der Waals surface area (Å²) < 4.78 is 7.82. The van der Waals surface area contributed by atoms with Crippen molar-refractivity contribution < 1.29 is 9.84 Å². The minimum atomic E-state index is 0.0524. The molecule has 0 saturated heterocycles. The van der Waals surface area contributed by atoms with Crippen LogP contribution in [0.3, 0.4) is 0 Å². The second-order valence-electron chi connectivity index (χ2n) is 3.87. The molecule has 0 spiro atoms. The molecule has 0 amide bonds. The molecule has 0 saturated carbocycles. The fourth-order valence-electron chi connectivity index (χ4n) is 1.81. The first-order valence-corrected chi connectivity index (χ1v) is 6.30. The maximum absolute atomic E-state index is 9.15. The van der Waals surface area contributed by atoms with Gasteiger partial charge in [0, 0.05) is 25.6 Å². The standard InChI is InChI=1S/C12H15BrN2O2/c1-17-6-2-5-15-11-7-9(8-16)3-4-10(11)12(13)14-15/h3-4,7,16H,2,5-6,8H2,1H3. The summed E-state index contributed by atoms with van der Waals surface area (Å²) in [5, 5.41) is 14.6. The van der Waals surface area contributed by atoms with Gasteiger partial charge in [-0.05, 0) is 40.0 Å². The van der Waals surface area contributed by atoms with E-state index in [1.54, 1.807) is 7.11 Å². The fourth-order valence-corrected chi connectivity index (χ4v) is 2.33. The second-order valence-corrected chi connectivity index (χ2v) is 4.62. The number of hydrogen-bond acceptors (Lipinski definition) is 3. The number of rotatable bonds is 5. The summed E-state index contributed by atoms with van der Waals surface area (Å²) in [5.41, 5.74) is 1.94. The molecule has 1 aromatic heterocycles. The Morgan fingerprint density at radius 3 is 3.00 bits per heavy atom. The van der Waals surface area contributed by atoms with Crippen LogP contribution < -0.4 is 0 Å². The Hall–Kier alpha value is -0.910. The third-order valence-corrected chi connectivity index (χ3v) is 3.26. The maximum Gasteiger partial charge on any atom is 0.135 e. The molecule has 0 atom stereocenters. The molecule has 0 fully saturated rings. The number of halogens is 1. The predicted molar refractivity (Wildman–Crippen MR) is 69.8 cm³/mol. The molecule has 0 radical (unpaired) electrons. The van der Waals surface area contributed by atoms with Crippen LogP contribution in [0.5, 0.6) is 0 Å². The second kappa shape index (κ2) is 5.62. The Labute approximate surface area is 108 Å². The number of fused-ring (bicyclic) bond motifs is 1. The molecule has 4 nitrogen and oxygen atoms in total. The van der Waals surface area contributed by atoms with E-state index >= 15 is 0 Å². The van der Waals surface area contributed by atoms with E-state index in [-0.39, 0.29) is 6.61 Å². The number of hydrogen-bond donors (Lipinski definition) is 1. The Morgan fingerprint density at radius 1 is 1.47 bits per heavy atom. The molecular formula is C12H15BrN2O2. The van der Waals surface area contributed by atoms with Crippen molar-refractivity contribution in [1.29, 1.82) is 0 Å². The molecule has 1 N–H and O–H groups in total. The van der Waals surface area contributed by atoms with Gasteiger partial charge in [-0.15, -0.1) is 0 Å². The highest BCUT2D eigenvalue weighted by atomic mass is 79.9. The molecular weight excluding hydrogens is 284 g/mol. The average molecular weight is 299 g/mol. The van der Waals surface area contributed by atoms with E-state index in [1.807, 2.05) is 22.9 Å². The molecule has 5 heteroatoms. The molecule has 1 aromatic carbocycles. The summed E-state index contributed by atoms with van der Waals surface area (Å²) in [7, 11) is 1.70. The van der Waals surface area contributed by atoms with E-state index in [9.17, 15) is 0 Å². The van der Waals surface area contributed by atoms with Gasteiger partial charge in [0.05, 0.1) is 12.1 Å². The molecule has 0 unspecified atom stereocenters. The van der Waals surface area contributed by atoms with Gasteiger partial charge in [0.2, 0.25) is 0 Å². The summed E-state index contributed by atoms with van der Waals surface area (Å²) in [6.45, 7) is 1.58. The summed E-state index contributed by atoms with van der Waals surface area (Å²) in [6, 6.07) is 5.86. The topological polar surface area (TPSA) is 47.3 Å². The molecule has 0 bridgehead atoms. The van der Waals surface area contributed by atoms with E-state index in [0.29, 0.717) is 0 Å². The molecule has 0 aliphatic carbocycles. The molecule has 0 aliphatic rings. The highest BCUT2D eigenvalue weighted by Gasteiger charge is 2.08. The highest BCUT2D eigenvalue weighted by molar-refractivity contribution is 9.10. The van der Waals surface area contributed by atoms with Gasteiger partial charge in [0.1, 0.15) is 4.60 Å². The molecule has 92 valence electrons. The van der Waals surface area contributed by atoms with Crippen LogP contribution >= 0.6 is 15.9 Å². The van der Waals surface area contributed by atoms with Crippen LogP contribution in [0.2, 0.25) is 0 Å². The quantitative estimate of drug-likeness (QED) is 0.862. The Kier molecular flexibility index (Phi) is 4.15. The van der Waals surface area contributed by atoms with E-state index in [4.69, 9.17) is 9.84 Å². The number of nitrogens with zero attached hydrogens (tertiary/aromatic N) is 2. The van der Waals surface area contributed by atoms with Crippen molar-refractivity contribution in [2.45, 2.75) is 19.6 Å². The van der Waals surface area contributed by atoms with E-state index < -0.39 is 0 Å². The number of benzene rings is 1. The zero-order chi connectivity index (χ0) is 12.3. The zero-order valence-electron chi connectivity index (χ0n) is 9.69. The molecule has 0 aliphatic heterocycles. The SMILES string of the molecule is COCCCn1nc(Br)c2ccc(CO)cc21. The van der Waals surface area contributed by atoms with Crippen LogP contribution in [0, 0.1) is 0 Å². The lowest BCUT2D eigenvalue weighted by Crippen LogP contribution is -2.03. The molecule has 2 rings (SSSR count). The van der Waals surface area contributed by atoms with E-state index in [2.05, 4.69) is 21.0 Å². The first-order valence-electron chi connectivity index (χ1n) is 5.51. The minimum Gasteiger partial charge on any atom is -0.392 e. The van der Waals surface area contributed by atoms with Crippen LogP contribution in [-0.4, -0.2) is 28.6 Å². The Bertz CT molecular complexity index is 510. The largest absolute Gasteiger partial charge is 0.392 e. The maximum atomic E-state index is 9.15. The number of aryl methyl sites for hydroxylation is 1. The molecule has 2 aromatic rings. The zero-order valence-corrected chi connectivity index (χ0v) is 11.3. The summed E-state index contributed by atoms with van der Waals surface area (Å²) in [4.78, 5) is 0. The Balaban J connectivity index is 2.34. The lowest BCUT2D eigenvalue weighted by Gasteiger charge is -2.03. The monoisotopic (exact) mass is 298 g/mol. The lowest BCUT2D eigenvalue weighted by atomic mass is 10.2. The summed E-state index contributed by atoms with van der Waals surface area (Å²) >= 11 is 3.45. The van der Waals surface area contributed by atoms with E-state index in [0.717, 1.165) is 40.6 Å². The van der Waals surface area contributed by atoms with E-state index in [1.165, 1.54) is 0 Å². The first kappa shape index (κ1) is 12.5. The van der Waals surface area contributed by atoms with Crippen molar-refractivity contribution in [3.63, 3.8) is 0 Å². The summed E-state index contributed by atoms with van der Waals surface area (Å²) in [5.74, 6) is 0. The smallest absolute Gasteiger partial charge is 0.135 e.